The fraction of sp³-hybridized carbons (Fsp3) is 0.0476. The van der Waals surface area contributed by atoms with Crippen molar-refractivity contribution in [1.82, 2.24) is 9.97 Å². The largest absolute Gasteiger partial charge is 0.365 e. The third kappa shape index (κ3) is 4.00. The van der Waals surface area contributed by atoms with Crippen LogP contribution < -0.4 is 5.32 Å². The van der Waals surface area contributed by atoms with E-state index in [-0.39, 0.29) is 0 Å². The Balaban J connectivity index is 1.60. The van der Waals surface area contributed by atoms with Crippen molar-refractivity contribution in [3.63, 3.8) is 0 Å². The minimum absolute atomic E-state index is 0.707. The molecule has 3 nitrogen and oxygen atoms in total. The molecule has 1 N–H and O–H groups in total. The molecule has 4 rings (SSSR count). The zero-order valence-electron chi connectivity index (χ0n) is 13.9. The van der Waals surface area contributed by atoms with E-state index in [1.54, 1.807) is 11.3 Å². The third-order valence-corrected chi connectivity index (χ3v) is 5.36. The van der Waals surface area contributed by atoms with E-state index in [9.17, 15) is 0 Å². The Morgan fingerprint density at radius 2 is 1.73 bits per heavy atom. The highest BCUT2D eigenvalue weighted by atomic mass is 79.9. The maximum absolute atomic E-state index is 4.71. The fourth-order valence-corrected chi connectivity index (χ4v) is 3.66. The Bertz CT molecular complexity index is 1040. The van der Waals surface area contributed by atoms with Crippen molar-refractivity contribution in [1.29, 1.82) is 0 Å². The van der Waals surface area contributed by atoms with Gasteiger partial charge in [-0.2, -0.15) is 0 Å². The molecule has 128 valence electrons. The Morgan fingerprint density at radius 3 is 2.54 bits per heavy atom. The zero-order valence-corrected chi connectivity index (χ0v) is 16.3. The summed E-state index contributed by atoms with van der Waals surface area (Å²) in [5.41, 5.74) is 3.31. The highest BCUT2D eigenvalue weighted by Gasteiger charge is 2.08. The van der Waals surface area contributed by atoms with Gasteiger partial charge in [0, 0.05) is 11.0 Å². The molecule has 4 aromatic rings. The predicted molar refractivity (Wildman–Crippen MR) is 114 cm³/mol. The van der Waals surface area contributed by atoms with Gasteiger partial charge in [-0.05, 0) is 40.8 Å². The first-order valence-corrected chi connectivity index (χ1v) is 9.92. The van der Waals surface area contributed by atoms with Crippen LogP contribution in [0.4, 0.5) is 5.82 Å². The molecule has 2 heterocycles. The van der Waals surface area contributed by atoms with Crippen LogP contribution in [0.15, 0.2) is 70.5 Å². The Labute approximate surface area is 164 Å². The summed E-state index contributed by atoms with van der Waals surface area (Å²) in [6, 6.07) is 20.5. The first-order valence-electron chi connectivity index (χ1n) is 8.25. The first-order chi connectivity index (χ1) is 12.8. The van der Waals surface area contributed by atoms with Crippen LogP contribution >= 0.6 is 27.3 Å². The van der Waals surface area contributed by atoms with E-state index < -0.39 is 0 Å². The number of anilines is 1. The molecule has 0 bridgehead atoms. The second kappa shape index (κ2) is 7.81. The predicted octanol–water partition coefficient (Wildman–Crippen LogP) is 6.24. The van der Waals surface area contributed by atoms with Crippen molar-refractivity contribution in [2.45, 2.75) is 6.54 Å². The highest BCUT2D eigenvalue weighted by molar-refractivity contribution is 9.10. The van der Waals surface area contributed by atoms with Gasteiger partial charge in [-0.15, -0.1) is 11.3 Å². The third-order valence-electron chi connectivity index (χ3n) is 3.92. The van der Waals surface area contributed by atoms with E-state index in [4.69, 9.17) is 4.98 Å². The van der Waals surface area contributed by atoms with Gasteiger partial charge in [0.1, 0.15) is 5.82 Å². The standard InChI is InChI=1S/C21H16BrN3S/c22-17-9-6-16(7-10-17)14-23-21-20-18(12-13-26-20)24-19(25-21)11-8-15-4-2-1-3-5-15/h1-13H,14H2,(H,23,24,25)/b11-8+. The molecule has 5 heteroatoms. The fourth-order valence-electron chi connectivity index (χ4n) is 2.60. The highest BCUT2D eigenvalue weighted by Crippen LogP contribution is 2.27. The Kier molecular flexibility index (Phi) is 5.09. The van der Waals surface area contributed by atoms with Crippen molar-refractivity contribution in [3.8, 4) is 0 Å². The summed E-state index contributed by atoms with van der Waals surface area (Å²) in [6.07, 6.45) is 3.99. The van der Waals surface area contributed by atoms with Gasteiger partial charge in [0.05, 0.1) is 10.2 Å². The Morgan fingerprint density at radius 1 is 0.923 bits per heavy atom. The monoisotopic (exact) mass is 421 g/mol. The summed E-state index contributed by atoms with van der Waals surface area (Å²) in [7, 11) is 0. The van der Waals surface area contributed by atoms with Crippen molar-refractivity contribution in [3.05, 3.63) is 87.5 Å². The van der Waals surface area contributed by atoms with Crippen molar-refractivity contribution in [2.75, 3.05) is 5.32 Å². The number of hydrogen-bond donors (Lipinski definition) is 1. The van der Waals surface area contributed by atoms with Crippen LogP contribution in [0.3, 0.4) is 0 Å². The summed E-state index contributed by atoms with van der Waals surface area (Å²) in [5.74, 6) is 1.58. The molecular formula is C21H16BrN3S. The van der Waals surface area contributed by atoms with Gasteiger partial charge in [0.15, 0.2) is 5.82 Å². The summed E-state index contributed by atoms with van der Waals surface area (Å²) < 4.78 is 2.16. The molecule has 2 aromatic heterocycles. The van der Waals surface area contributed by atoms with Crippen LogP contribution in [0.5, 0.6) is 0 Å². The van der Waals surface area contributed by atoms with Crippen LogP contribution in [0.1, 0.15) is 17.0 Å². The number of halogens is 1. The maximum atomic E-state index is 4.71. The van der Waals surface area contributed by atoms with Gasteiger partial charge in [-0.1, -0.05) is 64.5 Å². The molecule has 0 aliphatic carbocycles. The van der Waals surface area contributed by atoms with Crippen molar-refractivity contribution in [2.24, 2.45) is 0 Å². The summed E-state index contributed by atoms with van der Waals surface area (Å²) >= 11 is 5.12. The summed E-state index contributed by atoms with van der Waals surface area (Å²) in [4.78, 5) is 9.36. The molecule has 0 fully saturated rings. The second-order valence-electron chi connectivity index (χ2n) is 5.79. The van der Waals surface area contributed by atoms with Gasteiger partial charge < -0.3 is 5.32 Å². The number of nitrogens with zero attached hydrogens (tertiary/aromatic N) is 2. The van der Waals surface area contributed by atoms with E-state index in [0.29, 0.717) is 5.82 Å². The molecule has 0 aliphatic heterocycles. The van der Waals surface area contributed by atoms with E-state index in [1.165, 1.54) is 5.56 Å². The number of fused-ring (bicyclic) bond motifs is 1. The van der Waals surface area contributed by atoms with Gasteiger partial charge in [-0.3, -0.25) is 0 Å². The molecule has 0 radical (unpaired) electrons. The minimum atomic E-state index is 0.707. The molecule has 26 heavy (non-hydrogen) atoms. The number of rotatable bonds is 5. The average Bonchev–Trinajstić information content (AvgIpc) is 3.15. The normalized spacial score (nSPS) is 11.3. The van der Waals surface area contributed by atoms with Gasteiger partial charge in [0.2, 0.25) is 0 Å². The SMILES string of the molecule is Brc1ccc(CNc2nc(/C=C/c3ccccc3)nc3ccsc23)cc1. The minimum Gasteiger partial charge on any atom is -0.365 e. The van der Waals surface area contributed by atoms with E-state index in [1.807, 2.05) is 48.6 Å². The number of nitrogens with one attached hydrogen (secondary N) is 1. The molecule has 2 aromatic carbocycles. The Hall–Kier alpha value is -2.50. The lowest BCUT2D eigenvalue weighted by atomic mass is 10.2. The zero-order chi connectivity index (χ0) is 17.8. The van der Waals surface area contributed by atoms with E-state index in [2.05, 4.69) is 55.9 Å². The number of benzene rings is 2. The van der Waals surface area contributed by atoms with Crippen molar-refractivity contribution < 1.29 is 0 Å². The average molecular weight is 422 g/mol. The topological polar surface area (TPSA) is 37.8 Å². The second-order valence-corrected chi connectivity index (χ2v) is 7.62. The lowest BCUT2D eigenvalue weighted by Gasteiger charge is -2.08. The van der Waals surface area contributed by atoms with Gasteiger partial charge >= 0.3 is 0 Å². The molecular weight excluding hydrogens is 406 g/mol. The van der Waals surface area contributed by atoms with Crippen LogP contribution in [-0.4, -0.2) is 9.97 Å². The molecule has 0 aliphatic rings. The van der Waals surface area contributed by atoms with Crippen LogP contribution in [0, 0.1) is 0 Å². The lowest BCUT2D eigenvalue weighted by Crippen LogP contribution is -2.03. The van der Waals surface area contributed by atoms with Crippen LogP contribution in [0.2, 0.25) is 0 Å². The molecule has 0 spiro atoms. The maximum Gasteiger partial charge on any atom is 0.155 e. The molecule has 0 saturated carbocycles. The first kappa shape index (κ1) is 16.9. The quantitative estimate of drug-likeness (QED) is 0.414. The van der Waals surface area contributed by atoms with E-state index >= 15 is 0 Å². The lowest BCUT2D eigenvalue weighted by molar-refractivity contribution is 1.10. The summed E-state index contributed by atoms with van der Waals surface area (Å²) in [6.45, 7) is 0.721. The number of thiophene rings is 1. The van der Waals surface area contributed by atoms with Gasteiger partial charge in [0.25, 0.3) is 0 Å². The van der Waals surface area contributed by atoms with E-state index in [0.717, 1.165) is 32.6 Å². The number of hydrogen-bond acceptors (Lipinski definition) is 4. The molecule has 0 amide bonds. The molecule has 0 atom stereocenters. The molecule has 0 saturated heterocycles. The van der Waals surface area contributed by atoms with Crippen LogP contribution in [0.25, 0.3) is 22.4 Å². The summed E-state index contributed by atoms with van der Waals surface area (Å²) in [5, 5.41) is 5.51. The van der Waals surface area contributed by atoms with Crippen LogP contribution in [-0.2, 0) is 6.54 Å². The van der Waals surface area contributed by atoms with Crippen molar-refractivity contribution >= 4 is 55.5 Å². The smallest absolute Gasteiger partial charge is 0.155 e. The number of aromatic nitrogens is 2. The van der Waals surface area contributed by atoms with Gasteiger partial charge in [-0.25, -0.2) is 9.97 Å². The molecule has 0 unspecified atom stereocenters.